The van der Waals surface area contributed by atoms with Gasteiger partial charge in [-0.15, -0.1) is 0 Å². The van der Waals surface area contributed by atoms with E-state index in [0.29, 0.717) is 19.2 Å². The molecular weight excluding hydrogens is 228 g/mol. The fourth-order valence-corrected chi connectivity index (χ4v) is 2.21. The number of anilines is 1. The number of morpholine rings is 1. The summed E-state index contributed by atoms with van der Waals surface area (Å²) in [5.74, 6) is 0.989. The quantitative estimate of drug-likeness (QED) is 0.863. The zero-order valence-corrected chi connectivity index (χ0v) is 11.2. The predicted octanol–water partition coefficient (Wildman–Crippen LogP) is 0.981. The molecule has 5 nitrogen and oxygen atoms in total. The molecule has 0 saturated carbocycles. The van der Waals surface area contributed by atoms with Crippen LogP contribution in [-0.2, 0) is 11.2 Å². The van der Waals surface area contributed by atoms with E-state index in [1.54, 1.807) is 6.33 Å². The van der Waals surface area contributed by atoms with E-state index in [9.17, 15) is 0 Å². The predicted molar refractivity (Wildman–Crippen MR) is 71.6 cm³/mol. The van der Waals surface area contributed by atoms with Gasteiger partial charge in [-0.2, -0.15) is 0 Å². The Hall–Kier alpha value is -1.20. The zero-order chi connectivity index (χ0) is 13.0. The number of aryl methyl sites for hydroxylation is 1. The molecule has 100 valence electrons. The molecule has 0 amide bonds. The van der Waals surface area contributed by atoms with Crippen molar-refractivity contribution in [2.45, 2.75) is 38.8 Å². The van der Waals surface area contributed by atoms with E-state index in [0.717, 1.165) is 30.9 Å². The average molecular weight is 250 g/mol. The first kappa shape index (κ1) is 13.2. The zero-order valence-electron chi connectivity index (χ0n) is 11.2. The van der Waals surface area contributed by atoms with Crippen molar-refractivity contribution in [2.75, 3.05) is 24.6 Å². The number of hydrogen-bond acceptors (Lipinski definition) is 5. The van der Waals surface area contributed by atoms with E-state index in [4.69, 9.17) is 10.5 Å². The summed E-state index contributed by atoms with van der Waals surface area (Å²) < 4.78 is 5.66. The van der Waals surface area contributed by atoms with Gasteiger partial charge >= 0.3 is 0 Å². The summed E-state index contributed by atoms with van der Waals surface area (Å²) in [6.45, 7) is 6.36. The Morgan fingerprint density at radius 2 is 2.33 bits per heavy atom. The van der Waals surface area contributed by atoms with Gasteiger partial charge in [0.05, 0.1) is 18.8 Å². The number of hydrogen-bond donors (Lipinski definition) is 1. The second kappa shape index (κ2) is 6.11. The van der Waals surface area contributed by atoms with Gasteiger partial charge in [0.15, 0.2) is 0 Å². The third-order valence-electron chi connectivity index (χ3n) is 3.28. The highest BCUT2D eigenvalue weighted by molar-refractivity contribution is 5.41. The highest BCUT2D eigenvalue weighted by atomic mass is 16.5. The summed E-state index contributed by atoms with van der Waals surface area (Å²) in [5.41, 5.74) is 6.78. The summed E-state index contributed by atoms with van der Waals surface area (Å²) in [4.78, 5) is 10.9. The summed E-state index contributed by atoms with van der Waals surface area (Å²) in [7, 11) is 0. The minimum absolute atomic E-state index is 0.103. The smallest absolute Gasteiger partial charge is 0.132 e. The second-order valence-corrected chi connectivity index (χ2v) is 4.81. The Bertz CT molecular complexity index is 385. The van der Waals surface area contributed by atoms with E-state index in [1.165, 1.54) is 0 Å². The summed E-state index contributed by atoms with van der Waals surface area (Å²) in [5, 5.41) is 0. The molecule has 2 unspecified atom stereocenters. The van der Waals surface area contributed by atoms with Crippen LogP contribution in [0.3, 0.4) is 0 Å². The standard InChI is InChI=1S/C13H22N4O/c1-3-4-11-5-13(16-9-15-11)17-7-12(6-14)18-8-10(17)2/h5,9-10,12H,3-4,6-8,14H2,1-2H3. The molecule has 0 spiro atoms. The number of nitrogens with two attached hydrogens (primary N) is 1. The van der Waals surface area contributed by atoms with Crippen molar-refractivity contribution in [3.05, 3.63) is 18.1 Å². The molecule has 1 aliphatic rings. The highest BCUT2D eigenvalue weighted by Gasteiger charge is 2.26. The van der Waals surface area contributed by atoms with Gasteiger partial charge in [0.2, 0.25) is 0 Å². The van der Waals surface area contributed by atoms with Crippen molar-refractivity contribution in [1.82, 2.24) is 9.97 Å². The monoisotopic (exact) mass is 250 g/mol. The normalized spacial score (nSPS) is 24.3. The fourth-order valence-electron chi connectivity index (χ4n) is 2.21. The minimum atomic E-state index is 0.103. The van der Waals surface area contributed by atoms with Gasteiger partial charge in [-0.1, -0.05) is 13.3 Å². The molecule has 0 bridgehead atoms. The van der Waals surface area contributed by atoms with E-state index in [2.05, 4.69) is 34.8 Å². The van der Waals surface area contributed by atoms with Crippen molar-refractivity contribution in [3.8, 4) is 0 Å². The molecular formula is C13H22N4O. The molecule has 5 heteroatoms. The van der Waals surface area contributed by atoms with Crippen molar-refractivity contribution in [2.24, 2.45) is 5.73 Å². The Labute approximate surface area is 108 Å². The van der Waals surface area contributed by atoms with Gasteiger partial charge in [0.25, 0.3) is 0 Å². The fraction of sp³-hybridized carbons (Fsp3) is 0.692. The van der Waals surface area contributed by atoms with Gasteiger partial charge in [0, 0.05) is 24.8 Å². The van der Waals surface area contributed by atoms with E-state index in [-0.39, 0.29) is 6.10 Å². The Kier molecular flexibility index (Phi) is 4.49. The molecule has 1 aliphatic heterocycles. The first-order valence-electron chi connectivity index (χ1n) is 6.63. The van der Waals surface area contributed by atoms with Gasteiger partial charge < -0.3 is 15.4 Å². The topological polar surface area (TPSA) is 64.3 Å². The Morgan fingerprint density at radius 1 is 1.50 bits per heavy atom. The van der Waals surface area contributed by atoms with Crippen LogP contribution in [0.25, 0.3) is 0 Å². The van der Waals surface area contributed by atoms with Crippen molar-refractivity contribution in [3.63, 3.8) is 0 Å². The Balaban J connectivity index is 2.15. The molecule has 2 N–H and O–H groups in total. The van der Waals surface area contributed by atoms with Gasteiger partial charge in [0.1, 0.15) is 12.1 Å². The van der Waals surface area contributed by atoms with Crippen molar-refractivity contribution >= 4 is 5.82 Å². The molecule has 0 aliphatic carbocycles. The average Bonchev–Trinajstić information content (AvgIpc) is 2.40. The van der Waals surface area contributed by atoms with Crippen molar-refractivity contribution < 1.29 is 4.74 Å². The van der Waals surface area contributed by atoms with E-state index in [1.807, 2.05) is 0 Å². The maximum absolute atomic E-state index is 5.68. The third-order valence-corrected chi connectivity index (χ3v) is 3.28. The molecule has 0 radical (unpaired) electrons. The molecule has 1 aromatic rings. The number of rotatable bonds is 4. The molecule has 2 atom stereocenters. The van der Waals surface area contributed by atoms with Crippen LogP contribution >= 0.6 is 0 Å². The number of nitrogens with zero attached hydrogens (tertiary/aromatic N) is 3. The molecule has 2 rings (SSSR count). The van der Waals surface area contributed by atoms with Crippen LogP contribution < -0.4 is 10.6 Å². The third kappa shape index (κ3) is 2.97. The SMILES string of the molecule is CCCc1cc(N2CC(CN)OCC2C)ncn1. The number of aromatic nitrogens is 2. The first-order chi connectivity index (χ1) is 8.74. The Morgan fingerprint density at radius 3 is 3.06 bits per heavy atom. The van der Waals surface area contributed by atoms with Crippen LogP contribution in [0.1, 0.15) is 26.0 Å². The van der Waals surface area contributed by atoms with Crippen LogP contribution in [-0.4, -0.2) is 41.8 Å². The minimum Gasteiger partial charge on any atom is -0.373 e. The maximum Gasteiger partial charge on any atom is 0.132 e. The molecule has 18 heavy (non-hydrogen) atoms. The summed E-state index contributed by atoms with van der Waals surface area (Å²) in [6.07, 6.45) is 3.85. The van der Waals surface area contributed by atoms with Crippen molar-refractivity contribution in [1.29, 1.82) is 0 Å². The summed E-state index contributed by atoms with van der Waals surface area (Å²) in [6, 6.07) is 2.41. The molecule has 1 aromatic heterocycles. The molecule has 1 saturated heterocycles. The first-order valence-corrected chi connectivity index (χ1v) is 6.63. The molecule has 0 aromatic carbocycles. The van der Waals surface area contributed by atoms with Crippen LogP contribution in [0.4, 0.5) is 5.82 Å². The lowest BCUT2D eigenvalue weighted by atomic mass is 10.2. The van der Waals surface area contributed by atoms with Crippen LogP contribution in [0.2, 0.25) is 0 Å². The van der Waals surface area contributed by atoms with Gasteiger partial charge in [-0.25, -0.2) is 9.97 Å². The van der Waals surface area contributed by atoms with Gasteiger partial charge in [-0.3, -0.25) is 0 Å². The largest absolute Gasteiger partial charge is 0.373 e. The van der Waals surface area contributed by atoms with E-state index < -0.39 is 0 Å². The highest BCUT2D eigenvalue weighted by Crippen LogP contribution is 2.19. The molecule has 1 fully saturated rings. The van der Waals surface area contributed by atoms with Crippen LogP contribution in [0.15, 0.2) is 12.4 Å². The van der Waals surface area contributed by atoms with Crippen LogP contribution in [0.5, 0.6) is 0 Å². The number of ether oxygens (including phenoxy) is 1. The lowest BCUT2D eigenvalue weighted by Crippen LogP contribution is -2.51. The second-order valence-electron chi connectivity index (χ2n) is 4.81. The maximum atomic E-state index is 5.68. The summed E-state index contributed by atoms with van der Waals surface area (Å²) >= 11 is 0. The van der Waals surface area contributed by atoms with E-state index >= 15 is 0 Å². The van der Waals surface area contributed by atoms with Crippen LogP contribution in [0, 0.1) is 0 Å². The van der Waals surface area contributed by atoms with Gasteiger partial charge in [-0.05, 0) is 13.3 Å². The lowest BCUT2D eigenvalue weighted by molar-refractivity contribution is 0.0280. The lowest BCUT2D eigenvalue weighted by Gasteiger charge is -2.38. The molecule has 2 heterocycles.